The number of benzene rings is 2. The fourth-order valence-corrected chi connectivity index (χ4v) is 2.52. The van der Waals surface area contributed by atoms with E-state index in [0.29, 0.717) is 0 Å². The van der Waals surface area contributed by atoms with E-state index in [1.165, 1.54) is 21.9 Å². The lowest BCUT2D eigenvalue weighted by atomic mass is 9.94. The van der Waals surface area contributed by atoms with Gasteiger partial charge in [0.15, 0.2) is 0 Å². The third kappa shape index (κ3) is 1.82. The quantitative estimate of drug-likeness (QED) is 0.741. The Kier molecular flexibility index (Phi) is 2.89. The van der Waals surface area contributed by atoms with E-state index in [1.54, 1.807) is 7.11 Å². The molecule has 1 aliphatic rings. The fourth-order valence-electron chi connectivity index (χ4n) is 2.52. The summed E-state index contributed by atoms with van der Waals surface area (Å²) in [7, 11) is 1.74. The van der Waals surface area contributed by atoms with Gasteiger partial charge in [-0.15, -0.1) is 0 Å². The average molecular weight is 236 g/mol. The molecule has 0 amide bonds. The van der Waals surface area contributed by atoms with Crippen molar-refractivity contribution in [1.82, 2.24) is 0 Å². The first-order valence-electron chi connectivity index (χ1n) is 6.33. The molecule has 90 valence electrons. The molecule has 2 aromatic carbocycles. The van der Waals surface area contributed by atoms with E-state index in [2.05, 4.69) is 54.6 Å². The van der Waals surface area contributed by atoms with Crippen LogP contribution in [0.25, 0.3) is 16.3 Å². The Hall–Kier alpha value is -2.02. The van der Waals surface area contributed by atoms with E-state index >= 15 is 0 Å². The van der Waals surface area contributed by atoms with Gasteiger partial charge >= 0.3 is 0 Å². The Morgan fingerprint density at radius 3 is 2.67 bits per heavy atom. The summed E-state index contributed by atoms with van der Waals surface area (Å²) in [5.74, 6) is 0.950. The maximum absolute atomic E-state index is 5.53. The molecule has 1 heteroatoms. The van der Waals surface area contributed by atoms with Crippen molar-refractivity contribution in [3.8, 4) is 5.75 Å². The molecule has 0 aromatic heterocycles. The van der Waals surface area contributed by atoms with Gasteiger partial charge in [0.25, 0.3) is 0 Å². The molecule has 0 fully saturated rings. The number of hydrogen-bond acceptors (Lipinski definition) is 1. The Balaban J connectivity index is 2.30. The van der Waals surface area contributed by atoms with Gasteiger partial charge in [0.1, 0.15) is 5.75 Å². The number of allylic oxidation sites excluding steroid dienone is 4. The Morgan fingerprint density at radius 2 is 1.89 bits per heavy atom. The fraction of sp³-hybridized carbons (Fsp3) is 0.176. The first-order chi connectivity index (χ1) is 8.90. The molecule has 2 aromatic rings. The van der Waals surface area contributed by atoms with E-state index in [0.717, 1.165) is 18.6 Å². The van der Waals surface area contributed by atoms with Crippen molar-refractivity contribution in [2.24, 2.45) is 0 Å². The lowest BCUT2D eigenvalue weighted by molar-refractivity contribution is 0.414. The number of fused-ring (bicyclic) bond motifs is 1. The summed E-state index contributed by atoms with van der Waals surface area (Å²) in [6.07, 6.45) is 8.98. The number of rotatable bonds is 2. The van der Waals surface area contributed by atoms with Crippen molar-refractivity contribution in [2.45, 2.75) is 12.8 Å². The molecule has 0 spiro atoms. The second-order valence-electron chi connectivity index (χ2n) is 4.50. The zero-order valence-corrected chi connectivity index (χ0v) is 10.5. The summed E-state index contributed by atoms with van der Waals surface area (Å²) in [6, 6.07) is 12.6. The predicted octanol–water partition coefficient (Wildman–Crippen LogP) is 4.58. The molecular formula is C17H16O. The first kappa shape index (κ1) is 11.1. The number of hydrogen-bond donors (Lipinski definition) is 0. The number of ether oxygens (including phenoxy) is 1. The second-order valence-corrected chi connectivity index (χ2v) is 4.50. The van der Waals surface area contributed by atoms with E-state index in [-0.39, 0.29) is 0 Å². The van der Waals surface area contributed by atoms with Crippen LogP contribution < -0.4 is 4.74 Å². The zero-order chi connectivity index (χ0) is 12.4. The van der Waals surface area contributed by atoms with Crippen LogP contribution in [0.1, 0.15) is 18.4 Å². The molecule has 0 saturated carbocycles. The molecular weight excluding hydrogens is 220 g/mol. The van der Waals surface area contributed by atoms with Crippen molar-refractivity contribution >= 4 is 16.3 Å². The van der Waals surface area contributed by atoms with E-state index in [4.69, 9.17) is 4.74 Å². The highest BCUT2D eigenvalue weighted by Crippen LogP contribution is 2.35. The highest BCUT2D eigenvalue weighted by molar-refractivity contribution is 5.98. The molecule has 0 saturated heterocycles. The third-order valence-corrected chi connectivity index (χ3v) is 3.39. The SMILES string of the molecule is COc1ccc2ccccc2c1C1=CCCC=C1. The molecule has 18 heavy (non-hydrogen) atoms. The van der Waals surface area contributed by atoms with Gasteiger partial charge in [0, 0.05) is 5.56 Å². The maximum Gasteiger partial charge on any atom is 0.127 e. The average Bonchev–Trinajstić information content (AvgIpc) is 2.47. The lowest BCUT2D eigenvalue weighted by Gasteiger charge is -2.15. The summed E-state index contributed by atoms with van der Waals surface area (Å²) >= 11 is 0. The van der Waals surface area contributed by atoms with Gasteiger partial charge in [-0.25, -0.2) is 0 Å². The minimum absolute atomic E-state index is 0.950. The Labute approximate surface area is 107 Å². The maximum atomic E-state index is 5.53. The first-order valence-corrected chi connectivity index (χ1v) is 6.33. The molecule has 0 radical (unpaired) electrons. The minimum atomic E-state index is 0.950. The van der Waals surface area contributed by atoms with Crippen LogP contribution in [0.3, 0.4) is 0 Å². The van der Waals surface area contributed by atoms with Gasteiger partial charge in [0.2, 0.25) is 0 Å². The van der Waals surface area contributed by atoms with Gasteiger partial charge in [-0.3, -0.25) is 0 Å². The highest BCUT2D eigenvalue weighted by Gasteiger charge is 2.11. The van der Waals surface area contributed by atoms with Crippen LogP contribution in [0.5, 0.6) is 5.75 Å². The summed E-state index contributed by atoms with van der Waals surface area (Å²) in [5, 5.41) is 2.52. The van der Waals surface area contributed by atoms with Crippen LogP contribution in [0.4, 0.5) is 0 Å². The molecule has 0 aliphatic heterocycles. The molecule has 0 bridgehead atoms. The summed E-state index contributed by atoms with van der Waals surface area (Å²) in [6.45, 7) is 0. The van der Waals surface area contributed by atoms with Crippen molar-refractivity contribution in [3.05, 3.63) is 60.2 Å². The normalized spacial score (nSPS) is 14.6. The van der Waals surface area contributed by atoms with E-state index < -0.39 is 0 Å². The summed E-state index contributed by atoms with van der Waals surface area (Å²) < 4.78 is 5.53. The standard InChI is InChI=1S/C17H16O/c1-18-16-12-11-13-7-5-6-10-15(13)17(16)14-8-3-2-4-9-14/h3,5-12H,2,4H2,1H3. The largest absolute Gasteiger partial charge is 0.496 e. The molecule has 1 nitrogen and oxygen atoms in total. The van der Waals surface area contributed by atoms with Crippen molar-refractivity contribution in [2.75, 3.05) is 7.11 Å². The van der Waals surface area contributed by atoms with Crippen LogP contribution >= 0.6 is 0 Å². The van der Waals surface area contributed by atoms with Crippen LogP contribution in [0.15, 0.2) is 54.6 Å². The van der Waals surface area contributed by atoms with Crippen LogP contribution in [-0.2, 0) is 0 Å². The van der Waals surface area contributed by atoms with Gasteiger partial charge < -0.3 is 4.74 Å². The summed E-state index contributed by atoms with van der Waals surface area (Å²) in [5.41, 5.74) is 2.49. The van der Waals surface area contributed by atoms with Crippen molar-refractivity contribution in [3.63, 3.8) is 0 Å². The molecule has 0 N–H and O–H groups in total. The monoisotopic (exact) mass is 236 g/mol. The topological polar surface area (TPSA) is 9.23 Å². The smallest absolute Gasteiger partial charge is 0.127 e. The zero-order valence-electron chi connectivity index (χ0n) is 10.5. The van der Waals surface area contributed by atoms with Crippen molar-refractivity contribution < 1.29 is 4.74 Å². The molecule has 0 unspecified atom stereocenters. The van der Waals surface area contributed by atoms with E-state index in [1.807, 2.05) is 0 Å². The molecule has 3 rings (SSSR count). The van der Waals surface area contributed by atoms with Crippen molar-refractivity contribution in [1.29, 1.82) is 0 Å². The van der Waals surface area contributed by atoms with Gasteiger partial charge in [-0.1, -0.05) is 48.6 Å². The minimum Gasteiger partial charge on any atom is -0.496 e. The Bertz CT molecular complexity index is 635. The second kappa shape index (κ2) is 4.69. The van der Waals surface area contributed by atoms with E-state index in [9.17, 15) is 0 Å². The Morgan fingerprint density at radius 1 is 1.00 bits per heavy atom. The van der Waals surface area contributed by atoms with Crippen LogP contribution in [0, 0.1) is 0 Å². The highest BCUT2D eigenvalue weighted by atomic mass is 16.5. The van der Waals surface area contributed by atoms with Crippen LogP contribution in [-0.4, -0.2) is 7.11 Å². The predicted molar refractivity (Wildman–Crippen MR) is 76.9 cm³/mol. The summed E-state index contributed by atoms with van der Waals surface area (Å²) in [4.78, 5) is 0. The molecule has 0 heterocycles. The van der Waals surface area contributed by atoms with Gasteiger partial charge in [-0.05, 0) is 35.3 Å². The lowest BCUT2D eigenvalue weighted by Crippen LogP contribution is -1.94. The number of methoxy groups -OCH3 is 1. The molecule has 0 atom stereocenters. The van der Waals surface area contributed by atoms with Gasteiger partial charge in [0.05, 0.1) is 7.11 Å². The van der Waals surface area contributed by atoms with Crippen LogP contribution in [0.2, 0.25) is 0 Å². The third-order valence-electron chi connectivity index (χ3n) is 3.39. The molecule has 1 aliphatic carbocycles. The van der Waals surface area contributed by atoms with Gasteiger partial charge in [-0.2, -0.15) is 0 Å².